The van der Waals surface area contributed by atoms with Crippen LogP contribution in [0.4, 0.5) is 0 Å². The minimum absolute atomic E-state index is 0.110. The number of carbonyl (C=O) groups is 3. The molecule has 100 valence electrons. The van der Waals surface area contributed by atoms with E-state index in [-0.39, 0.29) is 17.9 Å². The standard InChI is InChI=1S/C13H13NO5/c15-11-10(13(18)19)5-9(6-14-11)7-1-3-8(4-2-7)12(16)17/h1-4,9-10H,5-6H2,(H,14,15)(H,16,17)(H,18,19)/t9-,10-/m0/s1. The summed E-state index contributed by atoms with van der Waals surface area (Å²) < 4.78 is 0. The molecule has 0 aromatic heterocycles. The Morgan fingerprint density at radius 2 is 1.79 bits per heavy atom. The van der Waals surface area contributed by atoms with E-state index in [1.165, 1.54) is 12.1 Å². The van der Waals surface area contributed by atoms with Crippen LogP contribution in [0.1, 0.15) is 28.3 Å². The highest BCUT2D eigenvalue weighted by molar-refractivity contribution is 5.97. The number of carboxylic acid groups (broad SMARTS) is 2. The van der Waals surface area contributed by atoms with Crippen molar-refractivity contribution in [1.82, 2.24) is 5.32 Å². The van der Waals surface area contributed by atoms with Crippen molar-refractivity contribution in [1.29, 1.82) is 0 Å². The van der Waals surface area contributed by atoms with Crippen molar-refractivity contribution in [3.8, 4) is 0 Å². The average Bonchev–Trinajstić information content (AvgIpc) is 2.39. The summed E-state index contributed by atoms with van der Waals surface area (Å²) in [6.07, 6.45) is 0.230. The highest BCUT2D eigenvalue weighted by Crippen LogP contribution is 2.27. The van der Waals surface area contributed by atoms with Gasteiger partial charge in [0.15, 0.2) is 0 Å². The molecule has 3 N–H and O–H groups in total. The summed E-state index contributed by atoms with van der Waals surface area (Å²) in [5.41, 5.74) is 1.01. The molecule has 1 aromatic carbocycles. The summed E-state index contributed by atoms with van der Waals surface area (Å²) in [7, 11) is 0. The van der Waals surface area contributed by atoms with Gasteiger partial charge in [0.1, 0.15) is 5.92 Å². The highest BCUT2D eigenvalue weighted by atomic mass is 16.4. The summed E-state index contributed by atoms with van der Waals surface area (Å²) in [6, 6.07) is 6.27. The Hall–Kier alpha value is -2.37. The number of carbonyl (C=O) groups excluding carboxylic acids is 1. The first-order valence-electron chi connectivity index (χ1n) is 5.83. The van der Waals surface area contributed by atoms with Crippen LogP contribution in [0.5, 0.6) is 0 Å². The Labute approximate surface area is 109 Å². The van der Waals surface area contributed by atoms with Crippen molar-refractivity contribution in [3.05, 3.63) is 35.4 Å². The first kappa shape index (κ1) is 13.1. The second-order valence-electron chi connectivity index (χ2n) is 4.50. The fourth-order valence-electron chi connectivity index (χ4n) is 2.19. The molecule has 0 unspecified atom stereocenters. The largest absolute Gasteiger partial charge is 0.481 e. The van der Waals surface area contributed by atoms with Gasteiger partial charge in [-0.1, -0.05) is 12.1 Å². The van der Waals surface area contributed by atoms with Crippen molar-refractivity contribution >= 4 is 17.8 Å². The fourth-order valence-corrected chi connectivity index (χ4v) is 2.19. The number of aliphatic carboxylic acids is 1. The van der Waals surface area contributed by atoms with Crippen LogP contribution in [0.25, 0.3) is 0 Å². The average molecular weight is 263 g/mol. The SMILES string of the molecule is O=C(O)c1ccc([C@@H]2CNC(=O)[C@@H](C(=O)O)C2)cc1. The van der Waals surface area contributed by atoms with E-state index in [1.807, 2.05) is 0 Å². The quantitative estimate of drug-likeness (QED) is 0.696. The van der Waals surface area contributed by atoms with Crippen LogP contribution in [0, 0.1) is 5.92 Å². The summed E-state index contributed by atoms with van der Waals surface area (Å²) in [6.45, 7) is 0.370. The van der Waals surface area contributed by atoms with Crippen LogP contribution in [-0.4, -0.2) is 34.6 Å². The molecule has 6 nitrogen and oxygen atoms in total. The third kappa shape index (κ3) is 2.73. The van der Waals surface area contributed by atoms with Gasteiger partial charge < -0.3 is 15.5 Å². The van der Waals surface area contributed by atoms with E-state index < -0.39 is 23.8 Å². The molecule has 1 amide bonds. The number of nitrogens with one attached hydrogen (secondary N) is 1. The monoisotopic (exact) mass is 263 g/mol. The normalized spacial score (nSPS) is 22.6. The number of piperidine rings is 1. The lowest BCUT2D eigenvalue weighted by Gasteiger charge is -2.27. The molecule has 0 saturated carbocycles. The molecule has 0 radical (unpaired) electrons. The number of aromatic carboxylic acids is 1. The number of carboxylic acids is 2. The van der Waals surface area contributed by atoms with Gasteiger partial charge in [-0.15, -0.1) is 0 Å². The number of amides is 1. The number of benzene rings is 1. The van der Waals surface area contributed by atoms with Crippen molar-refractivity contribution < 1.29 is 24.6 Å². The predicted molar refractivity (Wildman–Crippen MR) is 64.9 cm³/mol. The third-order valence-corrected chi connectivity index (χ3v) is 3.29. The predicted octanol–water partition coefficient (Wildman–Crippen LogP) is 0.689. The Balaban J connectivity index is 2.16. The van der Waals surface area contributed by atoms with E-state index >= 15 is 0 Å². The molecule has 0 spiro atoms. The van der Waals surface area contributed by atoms with Crippen molar-refractivity contribution in [2.24, 2.45) is 5.92 Å². The molecule has 1 aliphatic rings. The molecular weight excluding hydrogens is 250 g/mol. The molecule has 1 fully saturated rings. The maximum Gasteiger partial charge on any atom is 0.335 e. The maximum atomic E-state index is 11.4. The molecule has 1 aromatic rings. The molecular formula is C13H13NO5. The van der Waals surface area contributed by atoms with E-state index in [4.69, 9.17) is 10.2 Å². The Bertz CT molecular complexity index is 522. The fraction of sp³-hybridized carbons (Fsp3) is 0.308. The van der Waals surface area contributed by atoms with Crippen molar-refractivity contribution in [2.45, 2.75) is 12.3 Å². The molecule has 1 saturated heterocycles. The van der Waals surface area contributed by atoms with Crippen LogP contribution < -0.4 is 5.32 Å². The molecule has 1 heterocycles. The van der Waals surface area contributed by atoms with E-state index in [9.17, 15) is 14.4 Å². The molecule has 6 heteroatoms. The number of hydrogen-bond donors (Lipinski definition) is 3. The topological polar surface area (TPSA) is 104 Å². The number of hydrogen-bond acceptors (Lipinski definition) is 3. The maximum absolute atomic E-state index is 11.4. The van der Waals surface area contributed by atoms with E-state index in [2.05, 4.69) is 5.32 Å². The van der Waals surface area contributed by atoms with E-state index in [1.54, 1.807) is 12.1 Å². The van der Waals surface area contributed by atoms with Crippen molar-refractivity contribution in [2.75, 3.05) is 6.54 Å². The third-order valence-electron chi connectivity index (χ3n) is 3.29. The lowest BCUT2D eigenvalue weighted by atomic mass is 9.85. The molecule has 0 aliphatic carbocycles. The zero-order valence-corrected chi connectivity index (χ0v) is 10.00. The van der Waals surface area contributed by atoms with E-state index in [0.717, 1.165) is 5.56 Å². The molecule has 2 atom stereocenters. The van der Waals surface area contributed by atoms with Crippen LogP contribution >= 0.6 is 0 Å². The van der Waals surface area contributed by atoms with Gasteiger partial charge in [-0.3, -0.25) is 9.59 Å². The van der Waals surface area contributed by atoms with Crippen molar-refractivity contribution in [3.63, 3.8) is 0 Å². The lowest BCUT2D eigenvalue weighted by Crippen LogP contribution is -2.43. The van der Waals surface area contributed by atoms with Crippen LogP contribution in [-0.2, 0) is 9.59 Å². The van der Waals surface area contributed by atoms with Gasteiger partial charge >= 0.3 is 11.9 Å². The molecule has 1 aliphatic heterocycles. The molecule has 19 heavy (non-hydrogen) atoms. The van der Waals surface area contributed by atoms with Gasteiger partial charge in [0.05, 0.1) is 5.56 Å². The van der Waals surface area contributed by atoms with Crippen LogP contribution in [0.2, 0.25) is 0 Å². The highest BCUT2D eigenvalue weighted by Gasteiger charge is 2.34. The van der Waals surface area contributed by atoms with Gasteiger partial charge in [-0.05, 0) is 24.1 Å². The minimum atomic E-state index is -1.13. The second-order valence-corrected chi connectivity index (χ2v) is 4.50. The zero-order chi connectivity index (χ0) is 14.0. The van der Waals surface area contributed by atoms with Gasteiger partial charge in [0, 0.05) is 12.5 Å². The van der Waals surface area contributed by atoms with Gasteiger partial charge in [-0.25, -0.2) is 4.79 Å². The Morgan fingerprint density at radius 3 is 2.32 bits per heavy atom. The first-order chi connectivity index (χ1) is 8.99. The number of rotatable bonds is 3. The van der Waals surface area contributed by atoms with Crippen LogP contribution in [0.15, 0.2) is 24.3 Å². The van der Waals surface area contributed by atoms with Gasteiger partial charge in [0.25, 0.3) is 0 Å². The van der Waals surface area contributed by atoms with Gasteiger partial charge in [0.2, 0.25) is 5.91 Å². The molecule has 2 rings (SSSR count). The van der Waals surface area contributed by atoms with Crippen LogP contribution in [0.3, 0.4) is 0 Å². The zero-order valence-electron chi connectivity index (χ0n) is 10.00. The summed E-state index contributed by atoms with van der Waals surface area (Å²) in [5, 5.41) is 20.3. The summed E-state index contributed by atoms with van der Waals surface area (Å²) >= 11 is 0. The summed E-state index contributed by atoms with van der Waals surface area (Å²) in [4.78, 5) is 33.1. The Morgan fingerprint density at radius 1 is 1.16 bits per heavy atom. The Kier molecular flexibility index (Phi) is 3.50. The minimum Gasteiger partial charge on any atom is -0.481 e. The molecule has 0 bridgehead atoms. The first-order valence-corrected chi connectivity index (χ1v) is 5.83. The van der Waals surface area contributed by atoms with E-state index in [0.29, 0.717) is 6.54 Å². The summed E-state index contributed by atoms with van der Waals surface area (Å²) in [5.74, 6) is -3.76. The van der Waals surface area contributed by atoms with Gasteiger partial charge in [-0.2, -0.15) is 0 Å². The second kappa shape index (κ2) is 5.09. The lowest BCUT2D eigenvalue weighted by molar-refractivity contribution is -0.148. The smallest absolute Gasteiger partial charge is 0.335 e.